The van der Waals surface area contributed by atoms with Gasteiger partial charge < -0.3 is 5.73 Å². The van der Waals surface area contributed by atoms with Crippen LogP contribution in [0.4, 0.5) is 0 Å². The van der Waals surface area contributed by atoms with Gasteiger partial charge in [0.2, 0.25) is 0 Å². The summed E-state index contributed by atoms with van der Waals surface area (Å²) in [6.45, 7) is 0. The van der Waals surface area contributed by atoms with Crippen LogP contribution in [-0.4, -0.2) is 16.3 Å². The van der Waals surface area contributed by atoms with Gasteiger partial charge in [0.1, 0.15) is 0 Å². The predicted octanol–water partition coefficient (Wildman–Crippen LogP) is 1.91. The van der Waals surface area contributed by atoms with Crippen LogP contribution in [0.5, 0.6) is 0 Å². The second-order valence-corrected chi connectivity index (χ2v) is 4.40. The smallest absolute Gasteiger partial charge is 0.182 e. The minimum atomic E-state index is -0.595. The molecule has 0 atom stereocenters. The minimum absolute atomic E-state index is 0.0417. The van der Waals surface area contributed by atoms with Gasteiger partial charge in [0.05, 0.1) is 11.1 Å². The molecule has 1 saturated carbocycles. The summed E-state index contributed by atoms with van der Waals surface area (Å²) in [5.74, 6) is 0.0417. The number of pyridine rings is 1. The van der Waals surface area contributed by atoms with Crippen molar-refractivity contribution in [1.82, 2.24) is 4.98 Å². The maximum atomic E-state index is 12.0. The molecule has 16 heavy (non-hydrogen) atoms. The molecule has 0 saturated heterocycles. The summed E-state index contributed by atoms with van der Waals surface area (Å²) in [5.41, 5.74) is 6.82. The zero-order valence-electron chi connectivity index (χ0n) is 8.81. The Morgan fingerprint density at radius 2 is 2.12 bits per heavy atom. The molecule has 0 aliphatic heterocycles. The normalized spacial score (nSPS) is 17.3. The minimum Gasteiger partial charge on any atom is -0.319 e. The third-order valence-electron chi connectivity index (χ3n) is 3.11. The molecule has 1 aromatic heterocycles. The van der Waals surface area contributed by atoms with Gasteiger partial charge in [0, 0.05) is 17.1 Å². The van der Waals surface area contributed by atoms with Gasteiger partial charge in [-0.1, -0.05) is 18.2 Å². The number of carbonyl (C=O) groups excluding carboxylic acids is 1. The van der Waals surface area contributed by atoms with E-state index in [0.717, 1.165) is 23.7 Å². The van der Waals surface area contributed by atoms with Gasteiger partial charge >= 0.3 is 0 Å². The Labute approximate surface area is 93.3 Å². The number of hydrogen-bond acceptors (Lipinski definition) is 3. The number of hydrogen-bond donors (Lipinski definition) is 1. The highest BCUT2D eigenvalue weighted by molar-refractivity contribution is 6.06. The Balaban J connectivity index is 2.08. The second-order valence-electron chi connectivity index (χ2n) is 4.40. The topological polar surface area (TPSA) is 56.0 Å². The Morgan fingerprint density at radius 1 is 1.31 bits per heavy atom. The number of fused-ring (bicyclic) bond motifs is 1. The average molecular weight is 212 g/mol. The Kier molecular flexibility index (Phi) is 1.85. The largest absolute Gasteiger partial charge is 0.319 e. The number of nitrogens with zero attached hydrogens (tertiary/aromatic N) is 1. The fraction of sp³-hybridized carbons (Fsp3) is 0.231. The van der Waals surface area contributed by atoms with E-state index in [0.29, 0.717) is 5.56 Å². The molecule has 1 aliphatic carbocycles. The number of benzene rings is 1. The number of aromatic nitrogens is 1. The molecule has 0 spiro atoms. The van der Waals surface area contributed by atoms with E-state index in [1.165, 1.54) is 0 Å². The Hall–Kier alpha value is -1.74. The quantitative estimate of drug-likeness (QED) is 0.773. The van der Waals surface area contributed by atoms with Crippen molar-refractivity contribution in [2.45, 2.75) is 18.4 Å². The van der Waals surface area contributed by atoms with Crippen molar-refractivity contribution < 1.29 is 4.79 Å². The lowest BCUT2D eigenvalue weighted by Gasteiger charge is -2.07. The van der Waals surface area contributed by atoms with Crippen LogP contribution >= 0.6 is 0 Å². The number of ketones is 1. The van der Waals surface area contributed by atoms with Crippen LogP contribution in [0.2, 0.25) is 0 Å². The maximum Gasteiger partial charge on any atom is 0.182 e. The number of carbonyl (C=O) groups is 1. The van der Waals surface area contributed by atoms with E-state index in [2.05, 4.69) is 4.98 Å². The van der Waals surface area contributed by atoms with Crippen LogP contribution in [0.3, 0.4) is 0 Å². The van der Waals surface area contributed by atoms with Gasteiger partial charge in [-0.3, -0.25) is 9.78 Å². The third kappa shape index (κ3) is 1.41. The standard InChI is InChI=1S/C13H12N2O/c14-13(5-6-13)12(16)10-4-3-9-2-1-7-15-11(9)8-10/h1-4,7-8H,5-6,14H2. The molecule has 1 aliphatic rings. The lowest BCUT2D eigenvalue weighted by molar-refractivity contribution is 0.0949. The van der Waals surface area contributed by atoms with Crippen molar-refractivity contribution in [3.63, 3.8) is 0 Å². The maximum absolute atomic E-state index is 12.0. The first-order chi connectivity index (χ1) is 7.69. The van der Waals surface area contributed by atoms with Gasteiger partial charge in [-0.25, -0.2) is 0 Å². The first-order valence-electron chi connectivity index (χ1n) is 5.38. The van der Waals surface area contributed by atoms with Gasteiger partial charge in [-0.15, -0.1) is 0 Å². The molecule has 80 valence electrons. The van der Waals surface area contributed by atoms with E-state index in [-0.39, 0.29) is 5.78 Å². The Bertz CT molecular complexity index is 573. The molecule has 3 nitrogen and oxygen atoms in total. The summed E-state index contributed by atoms with van der Waals surface area (Å²) in [6.07, 6.45) is 3.32. The van der Waals surface area contributed by atoms with E-state index in [4.69, 9.17) is 5.73 Å². The summed E-state index contributed by atoms with van der Waals surface area (Å²) < 4.78 is 0. The van der Waals surface area contributed by atoms with Crippen molar-refractivity contribution in [2.24, 2.45) is 5.73 Å². The summed E-state index contributed by atoms with van der Waals surface area (Å²) in [4.78, 5) is 16.3. The molecule has 2 N–H and O–H groups in total. The van der Waals surface area contributed by atoms with Gasteiger partial charge in [0.25, 0.3) is 0 Å². The van der Waals surface area contributed by atoms with E-state index in [9.17, 15) is 4.79 Å². The molecule has 3 heteroatoms. The number of nitrogens with two attached hydrogens (primary N) is 1. The molecule has 0 bridgehead atoms. The van der Waals surface area contributed by atoms with Crippen LogP contribution in [0, 0.1) is 0 Å². The van der Waals surface area contributed by atoms with Gasteiger partial charge in [-0.05, 0) is 25.0 Å². The van der Waals surface area contributed by atoms with Crippen molar-refractivity contribution in [3.05, 3.63) is 42.1 Å². The Morgan fingerprint density at radius 3 is 2.88 bits per heavy atom. The van der Waals surface area contributed by atoms with Crippen LogP contribution in [0.25, 0.3) is 10.9 Å². The predicted molar refractivity (Wildman–Crippen MR) is 62.2 cm³/mol. The van der Waals surface area contributed by atoms with Crippen molar-refractivity contribution in [2.75, 3.05) is 0 Å². The highest BCUT2D eigenvalue weighted by Crippen LogP contribution is 2.35. The van der Waals surface area contributed by atoms with Gasteiger partial charge in [-0.2, -0.15) is 0 Å². The van der Waals surface area contributed by atoms with Gasteiger partial charge in [0.15, 0.2) is 5.78 Å². The molecule has 0 amide bonds. The van der Waals surface area contributed by atoms with E-state index in [1.54, 1.807) is 6.20 Å². The first-order valence-corrected chi connectivity index (χ1v) is 5.38. The molecule has 2 aromatic rings. The number of Topliss-reactive ketones (excluding diaryl/α,β-unsaturated/α-hetero) is 1. The molecule has 1 aromatic carbocycles. The average Bonchev–Trinajstić information content (AvgIpc) is 3.07. The molecule has 3 rings (SSSR count). The second kappa shape index (κ2) is 3.12. The van der Waals surface area contributed by atoms with E-state index >= 15 is 0 Å². The van der Waals surface area contributed by atoms with E-state index in [1.807, 2.05) is 30.3 Å². The third-order valence-corrected chi connectivity index (χ3v) is 3.11. The monoisotopic (exact) mass is 212 g/mol. The fourth-order valence-corrected chi connectivity index (χ4v) is 1.86. The SMILES string of the molecule is NC1(C(=O)c2ccc3cccnc3c2)CC1. The number of rotatable bonds is 2. The van der Waals surface area contributed by atoms with Crippen LogP contribution < -0.4 is 5.73 Å². The van der Waals surface area contributed by atoms with Crippen molar-refractivity contribution >= 4 is 16.7 Å². The summed E-state index contributed by atoms with van der Waals surface area (Å²) in [5, 5.41) is 1.04. The van der Waals surface area contributed by atoms with Crippen molar-refractivity contribution in [3.8, 4) is 0 Å². The molecule has 1 heterocycles. The lowest BCUT2D eigenvalue weighted by atomic mass is 10.0. The first kappa shape index (κ1) is 9.48. The highest BCUT2D eigenvalue weighted by atomic mass is 16.1. The van der Waals surface area contributed by atoms with Crippen LogP contribution in [-0.2, 0) is 0 Å². The molecular weight excluding hydrogens is 200 g/mol. The molecule has 0 unspecified atom stereocenters. The van der Waals surface area contributed by atoms with E-state index < -0.39 is 5.54 Å². The summed E-state index contributed by atoms with van der Waals surface area (Å²) in [6, 6.07) is 9.44. The zero-order valence-corrected chi connectivity index (χ0v) is 8.81. The fourth-order valence-electron chi connectivity index (χ4n) is 1.86. The molecule has 0 radical (unpaired) electrons. The summed E-state index contributed by atoms with van der Waals surface area (Å²) >= 11 is 0. The zero-order chi connectivity index (χ0) is 11.2. The molecular formula is C13H12N2O. The van der Waals surface area contributed by atoms with Crippen LogP contribution in [0.1, 0.15) is 23.2 Å². The van der Waals surface area contributed by atoms with Crippen LogP contribution in [0.15, 0.2) is 36.5 Å². The highest BCUT2D eigenvalue weighted by Gasteiger charge is 2.45. The summed E-state index contributed by atoms with van der Waals surface area (Å²) in [7, 11) is 0. The van der Waals surface area contributed by atoms with Crippen molar-refractivity contribution in [1.29, 1.82) is 0 Å². The molecule has 1 fully saturated rings. The lowest BCUT2D eigenvalue weighted by Crippen LogP contribution is -2.32.